The number of rotatable bonds is 8. The van der Waals surface area contributed by atoms with Gasteiger partial charge in [-0.05, 0) is 49.6 Å². The van der Waals surface area contributed by atoms with Crippen molar-refractivity contribution in [1.29, 1.82) is 0 Å². The monoisotopic (exact) mass is 523 g/mol. The Balaban J connectivity index is 1.03. The SMILES string of the molecule is CN(CCC1CN(c2cnc3c(n2)NC(=O)CO3)C(=O)O1)C1Cc2cc(OCc3ccn[nH]3)cc(F)c2C1. The van der Waals surface area contributed by atoms with Crippen molar-refractivity contribution in [3.05, 3.63) is 53.2 Å². The lowest BCUT2D eigenvalue weighted by Gasteiger charge is -2.25. The van der Waals surface area contributed by atoms with E-state index in [0.29, 0.717) is 38.1 Å². The third-order valence-electron chi connectivity index (χ3n) is 7.01. The summed E-state index contributed by atoms with van der Waals surface area (Å²) >= 11 is 0. The number of carbonyl (C=O) groups is 2. The summed E-state index contributed by atoms with van der Waals surface area (Å²) in [5.41, 5.74) is 2.48. The molecule has 13 heteroatoms. The van der Waals surface area contributed by atoms with E-state index in [-0.39, 0.29) is 54.6 Å². The fraction of sp³-hybridized carbons (Fsp3) is 0.400. The lowest BCUT2D eigenvalue weighted by molar-refractivity contribution is -0.118. The largest absolute Gasteiger partial charge is 0.487 e. The molecule has 38 heavy (non-hydrogen) atoms. The first-order valence-electron chi connectivity index (χ1n) is 12.3. The van der Waals surface area contributed by atoms with Crippen molar-refractivity contribution in [2.75, 3.05) is 37.0 Å². The van der Waals surface area contributed by atoms with Crippen LogP contribution in [0.3, 0.4) is 0 Å². The highest BCUT2D eigenvalue weighted by Gasteiger charge is 2.35. The van der Waals surface area contributed by atoms with E-state index in [0.717, 1.165) is 16.8 Å². The van der Waals surface area contributed by atoms with Gasteiger partial charge in [0, 0.05) is 24.8 Å². The van der Waals surface area contributed by atoms with E-state index >= 15 is 0 Å². The fourth-order valence-corrected chi connectivity index (χ4v) is 4.94. The molecule has 2 amide bonds. The Morgan fingerprint density at radius 2 is 2.18 bits per heavy atom. The van der Waals surface area contributed by atoms with E-state index in [2.05, 4.69) is 30.4 Å². The number of nitrogens with one attached hydrogen (secondary N) is 2. The van der Waals surface area contributed by atoms with Crippen LogP contribution in [0.5, 0.6) is 11.6 Å². The first-order chi connectivity index (χ1) is 18.4. The zero-order chi connectivity index (χ0) is 26.2. The molecular weight excluding hydrogens is 497 g/mol. The first kappa shape index (κ1) is 24.1. The number of cyclic esters (lactones) is 1. The van der Waals surface area contributed by atoms with Crippen molar-refractivity contribution in [3.63, 3.8) is 0 Å². The summed E-state index contributed by atoms with van der Waals surface area (Å²) in [6.07, 6.45) is 4.12. The number of nitrogens with zero attached hydrogens (tertiary/aromatic N) is 5. The molecule has 0 radical (unpaired) electrons. The van der Waals surface area contributed by atoms with Gasteiger partial charge < -0.3 is 24.4 Å². The number of benzene rings is 1. The summed E-state index contributed by atoms with van der Waals surface area (Å²) in [6, 6.07) is 5.28. The van der Waals surface area contributed by atoms with Gasteiger partial charge in [-0.15, -0.1) is 0 Å². The maximum Gasteiger partial charge on any atom is 0.415 e. The van der Waals surface area contributed by atoms with Gasteiger partial charge in [-0.3, -0.25) is 14.8 Å². The molecule has 3 aromatic rings. The molecule has 1 aliphatic carbocycles. The number of hydrogen-bond donors (Lipinski definition) is 2. The molecule has 12 nitrogen and oxygen atoms in total. The van der Waals surface area contributed by atoms with Crippen molar-refractivity contribution in [1.82, 2.24) is 25.1 Å². The summed E-state index contributed by atoms with van der Waals surface area (Å²) in [6.45, 7) is 1.14. The smallest absolute Gasteiger partial charge is 0.415 e. The molecule has 4 heterocycles. The molecule has 0 bridgehead atoms. The number of anilines is 2. The molecule has 1 saturated heterocycles. The number of H-pyrrole nitrogens is 1. The third kappa shape index (κ3) is 4.84. The normalized spacial score (nSPS) is 20.1. The van der Waals surface area contributed by atoms with E-state index in [1.54, 1.807) is 6.20 Å². The summed E-state index contributed by atoms with van der Waals surface area (Å²) < 4.78 is 31.4. The minimum absolute atomic E-state index is 0.123. The summed E-state index contributed by atoms with van der Waals surface area (Å²) in [5, 5.41) is 9.30. The molecule has 2 atom stereocenters. The van der Waals surface area contributed by atoms with Crippen LogP contribution in [0.4, 0.5) is 20.8 Å². The molecule has 2 N–H and O–H groups in total. The molecule has 0 saturated carbocycles. The minimum Gasteiger partial charge on any atom is -0.487 e. The number of likely N-dealkylation sites (N-methyl/N-ethyl adjacent to an activating group) is 1. The Labute approximate surface area is 217 Å². The summed E-state index contributed by atoms with van der Waals surface area (Å²) in [4.78, 5) is 36.1. The van der Waals surface area contributed by atoms with Crippen LogP contribution in [0.25, 0.3) is 0 Å². The van der Waals surface area contributed by atoms with Gasteiger partial charge in [-0.1, -0.05) is 0 Å². The van der Waals surface area contributed by atoms with Gasteiger partial charge in [-0.25, -0.2) is 19.2 Å². The van der Waals surface area contributed by atoms with Gasteiger partial charge >= 0.3 is 6.09 Å². The van der Waals surface area contributed by atoms with E-state index < -0.39 is 6.09 Å². The van der Waals surface area contributed by atoms with Gasteiger partial charge in [-0.2, -0.15) is 5.10 Å². The topological polar surface area (TPSA) is 135 Å². The van der Waals surface area contributed by atoms with Gasteiger partial charge in [0.2, 0.25) is 0 Å². The Bertz CT molecular complexity index is 1370. The van der Waals surface area contributed by atoms with Crippen LogP contribution in [-0.4, -0.2) is 76.0 Å². The lowest BCUT2D eigenvalue weighted by atomic mass is 10.1. The number of hydrogen-bond acceptors (Lipinski definition) is 9. The van der Waals surface area contributed by atoms with Crippen molar-refractivity contribution in [2.45, 2.75) is 38.0 Å². The maximum atomic E-state index is 14.8. The highest BCUT2D eigenvalue weighted by atomic mass is 19.1. The van der Waals surface area contributed by atoms with Crippen LogP contribution in [0.1, 0.15) is 23.2 Å². The van der Waals surface area contributed by atoms with E-state index in [9.17, 15) is 14.0 Å². The third-order valence-corrected chi connectivity index (χ3v) is 7.01. The van der Waals surface area contributed by atoms with Gasteiger partial charge in [0.05, 0.1) is 18.4 Å². The van der Waals surface area contributed by atoms with Crippen LogP contribution in [-0.2, 0) is 29.0 Å². The Morgan fingerprint density at radius 1 is 1.29 bits per heavy atom. The Kier molecular flexibility index (Phi) is 6.27. The van der Waals surface area contributed by atoms with E-state index in [1.807, 2.05) is 19.2 Å². The number of fused-ring (bicyclic) bond motifs is 2. The molecule has 198 valence electrons. The molecule has 6 rings (SSSR count). The molecule has 2 aromatic heterocycles. The fourth-order valence-electron chi connectivity index (χ4n) is 4.94. The first-order valence-corrected chi connectivity index (χ1v) is 12.3. The molecule has 1 aromatic carbocycles. The van der Waals surface area contributed by atoms with E-state index in [1.165, 1.54) is 17.2 Å². The minimum atomic E-state index is -0.520. The number of halogens is 1. The van der Waals surface area contributed by atoms with Crippen molar-refractivity contribution < 1.29 is 28.2 Å². The quantitative estimate of drug-likeness (QED) is 0.455. The van der Waals surface area contributed by atoms with Crippen LogP contribution in [0.15, 0.2) is 30.6 Å². The van der Waals surface area contributed by atoms with Crippen LogP contribution in [0, 0.1) is 5.82 Å². The standard InChI is InChI=1S/C25H26FN7O5/c1-32(16-6-14-7-18(9-20(26)19(14)8-16)36-12-15-2-4-28-31-15)5-3-17-11-33(25(35)38-17)21-10-27-24-23(29-21)30-22(34)13-37-24/h2,4,7,9-10,16-17H,3,5-6,8,11-13H2,1H3,(H,28,31)(H,29,30,34). The van der Waals surface area contributed by atoms with Crippen LogP contribution >= 0.6 is 0 Å². The predicted octanol–water partition coefficient (Wildman–Crippen LogP) is 2.06. The summed E-state index contributed by atoms with van der Waals surface area (Å²) in [7, 11) is 2.00. The molecule has 2 aliphatic heterocycles. The molecule has 0 spiro atoms. The summed E-state index contributed by atoms with van der Waals surface area (Å²) in [5.74, 6) is 0.574. The Morgan fingerprint density at radius 3 is 3.03 bits per heavy atom. The van der Waals surface area contributed by atoms with Crippen LogP contribution in [0.2, 0.25) is 0 Å². The van der Waals surface area contributed by atoms with Crippen LogP contribution < -0.4 is 19.7 Å². The zero-order valence-corrected chi connectivity index (χ0v) is 20.6. The predicted molar refractivity (Wildman–Crippen MR) is 132 cm³/mol. The van der Waals surface area contributed by atoms with Crippen molar-refractivity contribution >= 4 is 23.6 Å². The van der Waals surface area contributed by atoms with E-state index in [4.69, 9.17) is 14.2 Å². The number of aromatic amines is 1. The molecule has 2 unspecified atom stereocenters. The zero-order valence-electron chi connectivity index (χ0n) is 20.6. The second kappa shape index (κ2) is 9.89. The van der Waals surface area contributed by atoms with Gasteiger partial charge in [0.15, 0.2) is 18.2 Å². The lowest BCUT2D eigenvalue weighted by Crippen LogP contribution is -2.35. The second-order valence-corrected chi connectivity index (χ2v) is 9.58. The number of ether oxygens (including phenoxy) is 3. The number of aromatic nitrogens is 4. The molecular formula is C25H26FN7O5. The Hall–Kier alpha value is -4.26. The number of carbonyl (C=O) groups excluding carboxylic acids is 2. The van der Waals surface area contributed by atoms with Crippen molar-refractivity contribution in [2.24, 2.45) is 0 Å². The highest BCUT2D eigenvalue weighted by Crippen LogP contribution is 2.32. The van der Waals surface area contributed by atoms with Gasteiger partial charge in [0.1, 0.15) is 24.3 Å². The number of amides is 2. The second-order valence-electron chi connectivity index (χ2n) is 9.58. The molecule has 3 aliphatic rings. The average molecular weight is 524 g/mol. The molecule has 1 fully saturated rings. The average Bonchev–Trinajstić information content (AvgIpc) is 3.66. The van der Waals surface area contributed by atoms with Crippen molar-refractivity contribution in [3.8, 4) is 11.6 Å². The maximum absolute atomic E-state index is 14.8. The van der Waals surface area contributed by atoms with Gasteiger partial charge in [0.25, 0.3) is 11.8 Å². The highest BCUT2D eigenvalue weighted by molar-refractivity contribution is 5.94.